The predicted octanol–water partition coefficient (Wildman–Crippen LogP) is 4.68. The number of fused-ring (bicyclic) bond motifs is 3. The summed E-state index contributed by atoms with van der Waals surface area (Å²) in [5.74, 6) is 0.197. The van der Waals surface area contributed by atoms with E-state index in [4.69, 9.17) is 16.6 Å². The highest BCUT2D eigenvalue weighted by molar-refractivity contribution is 7.07. The maximum atomic E-state index is 13.6. The van der Waals surface area contributed by atoms with E-state index >= 15 is 0 Å². The second kappa shape index (κ2) is 7.87. The minimum absolute atomic E-state index is 0.0582. The van der Waals surface area contributed by atoms with Crippen LogP contribution in [0.3, 0.4) is 0 Å². The molecule has 0 saturated carbocycles. The fourth-order valence-corrected chi connectivity index (χ4v) is 5.82. The molecule has 6 rings (SSSR count). The number of benzene rings is 3. The summed E-state index contributed by atoms with van der Waals surface area (Å²) < 4.78 is 2.44. The Hall–Kier alpha value is -3.41. The highest BCUT2D eigenvalue weighted by Gasteiger charge is 2.32. The van der Waals surface area contributed by atoms with Crippen LogP contribution in [0.15, 0.2) is 88.2 Å². The number of aromatic hydroxyl groups is 1. The molecule has 0 spiro atoms. The van der Waals surface area contributed by atoms with E-state index in [9.17, 15) is 9.90 Å². The number of hydrogen-bond donors (Lipinski definition) is 1. The molecule has 0 radical (unpaired) electrons. The lowest BCUT2D eigenvalue weighted by Gasteiger charge is -2.30. The van der Waals surface area contributed by atoms with Crippen LogP contribution in [0.25, 0.3) is 11.8 Å². The third kappa shape index (κ3) is 3.45. The van der Waals surface area contributed by atoms with Crippen molar-refractivity contribution in [3.05, 3.63) is 125 Å². The number of phenolic OH excluding ortho intramolecular Hbond substituents is 1. The van der Waals surface area contributed by atoms with Gasteiger partial charge < -0.3 is 5.11 Å². The van der Waals surface area contributed by atoms with Gasteiger partial charge in [-0.3, -0.25) is 9.36 Å². The van der Waals surface area contributed by atoms with Gasteiger partial charge in [0.05, 0.1) is 16.3 Å². The lowest BCUT2D eigenvalue weighted by Crippen LogP contribution is -2.38. The molecule has 0 bridgehead atoms. The summed E-state index contributed by atoms with van der Waals surface area (Å²) in [6, 6.07) is 22.8. The molecular formula is C27H19ClN2O2S. The summed E-state index contributed by atoms with van der Waals surface area (Å²) in [5, 5.41) is 10.3. The number of aromatic nitrogens is 1. The minimum atomic E-state index is -0.219. The van der Waals surface area contributed by atoms with Crippen LogP contribution in [0.2, 0.25) is 5.02 Å². The molecule has 1 N–H and O–H groups in total. The molecule has 2 heterocycles. The van der Waals surface area contributed by atoms with Crippen molar-refractivity contribution in [3.63, 3.8) is 0 Å². The van der Waals surface area contributed by atoms with Gasteiger partial charge in [-0.2, -0.15) is 0 Å². The van der Waals surface area contributed by atoms with Gasteiger partial charge in [0.1, 0.15) is 5.75 Å². The summed E-state index contributed by atoms with van der Waals surface area (Å²) in [4.78, 5) is 19.3. The van der Waals surface area contributed by atoms with E-state index in [2.05, 4.69) is 18.2 Å². The van der Waals surface area contributed by atoms with Crippen LogP contribution in [0, 0.1) is 0 Å². The fraction of sp³-hybridized carbons (Fsp3) is 0.111. The lowest BCUT2D eigenvalue weighted by molar-refractivity contribution is 0.475. The normalized spacial score (nSPS) is 17.2. The zero-order valence-electron chi connectivity index (χ0n) is 17.5. The van der Waals surface area contributed by atoms with Crippen molar-refractivity contribution in [2.75, 3.05) is 0 Å². The van der Waals surface area contributed by atoms with E-state index in [1.165, 1.54) is 22.5 Å². The predicted molar refractivity (Wildman–Crippen MR) is 132 cm³/mol. The average Bonchev–Trinajstić information content (AvgIpc) is 3.14. The van der Waals surface area contributed by atoms with Crippen LogP contribution in [0.4, 0.5) is 0 Å². The molecule has 1 aromatic heterocycles. The van der Waals surface area contributed by atoms with E-state index in [-0.39, 0.29) is 17.4 Å². The van der Waals surface area contributed by atoms with Crippen molar-refractivity contribution in [3.8, 4) is 5.75 Å². The number of hydrogen-bond acceptors (Lipinski definition) is 4. The second-order valence-electron chi connectivity index (χ2n) is 8.26. The molecule has 162 valence electrons. The molecule has 0 saturated heterocycles. The molecule has 1 aliphatic carbocycles. The van der Waals surface area contributed by atoms with Crippen LogP contribution in [0.5, 0.6) is 5.75 Å². The molecule has 33 heavy (non-hydrogen) atoms. The van der Waals surface area contributed by atoms with Gasteiger partial charge in [0.2, 0.25) is 0 Å². The monoisotopic (exact) mass is 470 g/mol. The number of aryl methyl sites for hydroxylation is 1. The minimum Gasteiger partial charge on any atom is -0.508 e. The zero-order valence-corrected chi connectivity index (χ0v) is 19.1. The third-order valence-corrected chi connectivity index (χ3v) is 7.48. The van der Waals surface area contributed by atoms with Crippen molar-refractivity contribution < 1.29 is 5.11 Å². The standard InChI is InChI=1S/C27H19ClN2O2S/c28-19-10-7-18(8-11-19)25-22-14-9-17-3-1-2-4-21(17)24(22)29-27-30(25)26(32)23(33-27)15-16-5-12-20(31)13-6-16/h1-8,10-13,15,25,31H,9,14H2/b23-15+/t25-/m1/s1. The summed E-state index contributed by atoms with van der Waals surface area (Å²) in [6.07, 6.45) is 3.64. The summed E-state index contributed by atoms with van der Waals surface area (Å²) in [7, 11) is 0. The van der Waals surface area contributed by atoms with Crippen LogP contribution in [0.1, 0.15) is 34.7 Å². The SMILES string of the molecule is O=c1/c(=C\c2ccc(O)cc2)sc2n1[C@H](c1ccc(Cl)cc1)C1=C(N=2)c2ccccc2CC1. The average molecular weight is 471 g/mol. The van der Waals surface area contributed by atoms with Crippen molar-refractivity contribution in [1.29, 1.82) is 0 Å². The first-order chi connectivity index (χ1) is 16.1. The summed E-state index contributed by atoms with van der Waals surface area (Å²) in [5.41, 5.74) is 6.41. The zero-order chi connectivity index (χ0) is 22.5. The topological polar surface area (TPSA) is 54.6 Å². The van der Waals surface area contributed by atoms with Gasteiger partial charge in [0.15, 0.2) is 4.80 Å². The largest absolute Gasteiger partial charge is 0.508 e. The first-order valence-electron chi connectivity index (χ1n) is 10.8. The Morgan fingerprint density at radius 3 is 2.55 bits per heavy atom. The van der Waals surface area contributed by atoms with Gasteiger partial charge in [-0.25, -0.2) is 4.99 Å². The highest BCUT2D eigenvalue weighted by atomic mass is 35.5. The number of thiazole rings is 1. The molecule has 0 fully saturated rings. The molecular weight excluding hydrogens is 452 g/mol. The Kier molecular flexibility index (Phi) is 4.82. The van der Waals surface area contributed by atoms with Gasteiger partial charge in [0.25, 0.3) is 5.56 Å². The summed E-state index contributed by atoms with van der Waals surface area (Å²) in [6.45, 7) is 0. The quantitative estimate of drug-likeness (QED) is 0.462. The molecule has 4 aromatic rings. The first-order valence-corrected chi connectivity index (χ1v) is 12.0. The summed E-state index contributed by atoms with van der Waals surface area (Å²) >= 11 is 7.57. The molecule has 0 amide bonds. The van der Waals surface area contributed by atoms with Crippen molar-refractivity contribution in [2.24, 2.45) is 4.99 Å². The molecule has 3 aromatic carbocycles. The van der Waals surface area contributed by atoms with Crippen LogP contribution in [-0.2, 0) is 6.42 Å². The van der Waals surface area contributed by atoms with E-state index in [0.29, 0.717) is 14.4 Å². The van der Waals surface area contributed by atoms with Crippen molar-refractivity contribution in [1.82, 2.24) is 4.57 Å². The smallest absolute Gasteiger partial charge is 0.271 e. The molecule has 2 aliphatic rings. The van der Waals surface area contributed by atoms with Gasteiger partial charge in [0, 0.05) is 10.6 Å². The first kappa shape index (κ1) is 20.2. The van der Waals surface area contributed by atoms with E-state index in [1.54, 1.807) is 24.3 Å². The number of allylic oxidation sites excluding steroid dienone is 1. The van der Waals surface area contributed by atoms with Crippen molar-refractivity contribution >= 4 is 34.7 Å². The Bertz CT molecular complexity index is 1600. The highest BCUT2D eigenvalue weighted by Crippen LogP contribution is 2.41. The molecule has 6 heteroatoms. The number of nitrogens with zero attached hydrogens (tertiary/aromatic N) is 2. The Morgan fingerprint density at radius 2 is 1.76 bits per heavy atom. The molecule has 1 aliphatic heterocycles. The second-order valence-corrected chi connectivity index (χ2v) is 9.70. The van der Waals surface area contributed by atoms with E-state index in [0.717, 1.165) is 35.2 Å². The lowest BCUT2D eigenvalue weighted by atomic mass is 9.83. The maximum absolute atomic E-state index is 13.6. The number of rotatable bonds is 2. The van der Waals surface area contributed by atoms with Crippen LogP contribution < -0.4 is 14.9 Å². The molecule has 1 atom stereocenters. The van der Waals surface area contributed by atoms with Crippen LogP contribution in [-0.4, -0.2) is 9.67 Å². The van der Waals surface area contributed by atoms with Gasteiger partial charge >= 0.3 is 0 Å². The molecule has 0 unspecified atom stereocenters. The van der Waals surface area contributed by atoms with Gasteiger partial charge in [-0.15, -0.1) is 0 Å². The maximum Gasteiger partial charge on any atom is 0.271 e. The van der Waals surface area contributed by atoms with E-state index < -0.39 is 0 Å². The number of phenols is 1. The molecule has 4 nitrogen and oxygen atoms in total. The third-order valence-electron chi connectivity index (χ3n) is 6.25. The van der Waals surface area contributed by atoms with Crippen molar-refractivity contribution in [2.45, 2.75) is 18.9 Å². The Labute approximate surface area is 199 Å². The van der Waals surface area contributed by atoms with E-state index in [1.807, 2.05) is 41.0 Å². The van der Waals surface area contributed by atoms with Gasteiger partial charge in [-0.1, -0.05) is 71.5 Å². The van der Waals surface area contributed by atoms with Gasteiger partial charge in [-0.05, 0) is 65.4 Å². The van der Waals surface area contributed by atoms with Crippen LogP contribution >= 0.6 is 22.9 Å². The Balaban J connectivity index is 1.62. The Morgan fingerprint density at radius 1 is 1.00 bits per heavy atom. The fourth-order valence-electron chi connectivity index (χ4n) is 4.69. The number of halogens is 1.